The normalized spacial score (nSPS) is 15.7. The van der Waals surface area contributed by atoms with Crippen molar-refractivity contribution in [3.8, 4) is 0 Å². The Morgan fingerprint density at radius 1 is 1.18 bits per heavy atom. The van der Waals surface area contributed by atoms with E-state index >= 15 is 0 Å². The van der Waals surface area contributed by atoms with Crippen molar-refractivity contribution >= 4 is 51.8 Å². The van der Waals surface area contributed by atoms with Gasteiger partial charge in [0.2, 0.25) is 0 Å². The molecule has 0 aliphatic carbocycles. The largest absolute Gasteiger partial charge is 0.481 e. The van der Waals surface area contributed by atoms with Crippen LogP contribution in [0, 0.1) is 5.92 Å². The van der Waals surface area contributed by atoms with E-state index in [1.165, 1.54) is 0 Å². The van der Waals surface area contributed by atoms with Gasteiger partial charge in [0.25, 0.3) is 5.91 Å². The van der Waals surface area contributed by atoms with Gasteiger partial charge in [0.1, 0.15) is 5.65 Å². The van der Waals surface area contributed by atoms with E-state index in [2.05, 4.69) is 10.3 Å². The zero-order chi connectivity index (χ0) is 24.2. The Morgan fingerprint density at radius 3 is 2.74 bits per heavy atom. The summed E-state index contributed by atoms with van der Waals surface area (Å²) in [6.07, 6.45) is 5.66. The predicted octanol–water partition coefficient (Wildman–Crippen LogP) is 5.25. The summed E-state index contributed by atoms with van der Waals surface area (Å²) in [6.45, 7) is 1.50. The molecule has 1 aromatic carbocycles. The molecule has 0 bridgehead atoms. The van der Waals surface area contributed by atoms with Gasteiger partial charge in [0.05, 0.1) is 16.5 Å². The van der Waals surface area contributed by atoms with Crippen molar-refractivity contribution in [2.24, 2.45) is 13.0 Å². The minimum Gasteiger partial charge on any atom is -0.481 e. The summed E-state index contributed by atoms with van der Waals surface area (Å²) in [7, 11) is 1.92. The third kappa shape index (κ3) is 5.31. The van der Waals surface area contributed by atoms with Crippen LogP contribution in [0.1, 0.15) is 41.7 Å². The van der Waals surface area contributed by atoms with E-state index in [-0.39, 0.29) is 12.5 Å². The van der Waals surface area contributed by atoms with Gasteiger partial charge in [0, 0.05) is 54.7 Å². The van der Waals surface area contributed by atoms with Crippen molar-refractivity contribution in [2.45, 2.75) is 32.1 Å². The molecule has 1 aliphatic rings. The fraction of sp³-hybridized carbons (Fsp3) is 0.400. The number of nitrogens with zero attached hydrogens (tertiary/aromatic N) is 3. The van der Waals surface area contributed by atoms with Crippen molar-refractivity contribution in [1.29, 1.82) is 0 Å². The van der Waals surface area contributed by atoms with Crippen molar-refractivity contribution in [1.82, 2.24) is 14.5 Å². The number of likely N-dealkylation sites (tertiary alicyclic amines) is 1. The van der Waals surface area contributed by atoms with Crippen LogP contribution >= 0.6 is 23.2 Å². The summed E-state index contributed by atoms with van der Waals surface area (Å²) in [5.74, 6) is -1.52. The first-order valence-corrected chi connectivity index (χ1v) is 12.2. The van der Waals surface area contributed by atoms with Gasteiger partial charge in [-0.15, -0.1) is 0 Å². The smallest absolute Gasteiger partial charge is 0.308 e. The van der Waals surface area contributed by atoms with E-state index in [4.69, 9.17) is 23.2 Å². The number of aliphatic carboxylic acids is 1. The number of halogens is 2. The standard InChI is InChI=1S/C25H28Cl2N4O3/c1-30-21(8-3-2-4-10-28-19-7-5-6-17(26)12-19)22(20-13-18(27)14-29-23(20)30)24(32)31-11-9-16(15-31)25(33)34/h5-7,12-14,16,28H,2-4,8-11,15H2,1H3,(H,33,34). The first kappa shape index (κ1) is 24.4. The van der Waals surface area contributed by atoms with Crippen LogP contribution in [-0.4, -0.2) is 51.1 Å². The SMILES string of the molecule is Cn1c(CCCCCNc2cccc(Cl)c2)c(C(=O)N2CCC(C(=O)O)C2)c2cc(Cl)cnc21. The van der Waals surface area contributed by atoms with Crippen LogP contribution < -0.4 is 5.32 Å². The number of rotatable bonds is 9. The number of pyridine rings is 1. The van der Waals surface area contributed by atoms with Crippen molar-refractivity contribution in [2.75, 3.05) is 25.0 Å². The van der Waals surface area contributed by atoms with Crippen LogP contribution in [0.4, 0.5) is 5.69 Å². The van der Waals surface area contributed by atoms with Crippen LogP contribution in [0.25, 0.3) is 11.0 Å². The highest BCUT2D eigenvalue weighted by Gasteiger charge is 2.34. The zero-order valence-corrected chi connectivity index (χ0v) is 20.6. The summed E-state index contributed by atoms with van der Waals surface area (Å²) in [5, 5.41) is 14.6. The molecule has 7 nitrogen and oxygen atoms in total. The topological polar surface area (TPSA) is 87.5 Å². The lowest BCUT2D eigenvalue weighted by atomic mass is 10.1. The molecular formula is C25H28Cl2N4O3. The number of nitrogens with one attached hydrogen (secondary N) is 1. The summed E-state index contributed by atoms with van der Waals surface area (Å²) in [5.41, 5.74) is 3.22. The van der Waals surface area contributed by atoms with Gasteiger partial charge in [-0.1, -0.05) is 35.7 Å². The number of unbranched alkanes of at least 4 members (excludes halogenated alkanes) is 2. The van der Waals surface area contributed by atoms with Crippen molar-refractivity contribution in [3.63, 3.8) is 0 Å². The van der Waals surface area contributed by atoms with Gasteiger partial charge >= 0.3 is 5.97 Å². The maximum Gasteiger partial charge on any atom is 0.308 e. The Kier molecular flexibility index (Phi) is 7.63. The van der Waals surface area contributed by atoms with Gasteiger partial charge in [-0.25, -0.2) is 4.98 Å². The molecule has 0 saturated carbocycles. The number of fused-ring (bicyclic) bond motifs is 1. The van der Waals surface area contributed by atoms with Crippen LogP contribution in [0.2, 0.25) is 10.0 Å². The lowest BCUT2D eigenvalue weighted by Crippen LogP contribution is -2.30. The van der Waals surface area contributed by atoms with Crippen LogP contribution in [0.5, 0.6) is 0 Å². The number of carboxylic acid groups (broad SMARTS) is 1. The molecule has 1 unspecified atom stereocenters. The lowest BCUT2D eigenvalue weighted by Gasteiger charge is -2.17. The molecule has 180 valence electrons. The average molecular weight is 503 g/mol. The maximum absolute atomic E-state index is 13.5. The Morgan fingerprint density at radius 2 is 2.00 bits per heavy atom. The minimum atomic E-state index is -0.857. The van der Waals surface area contributed by atoms with Gasteiger partial charge in [-0.3, -0.25) is 9.59 Å². The van der Waals surface area contributed by atoms with Gasteiger partial charge in [-0.2, -0.15) is 0 Å². The molecule has 1 amide bonds. The summed E-state index contributed by atoms with van der Waals surface area (Å²) in [4.78, 5) is 31.0. The molecule has 3 heterocycles. The molecular weight excluding hydrogens is 475 g/mol. The molecule has 1 saturated heterocycles. The minimum absolute atomic E-state index is 0.143. The van der Waals surface area contributed by atoms with Crippen LogP contribution in [-0.2, 0) is 18.3 Å². The molecule has 2 N–H and O–H groups in total. The molecule has 1 aliphatic heterocycles. The second-order valence-electron chi connectivity index (χ2n) is 8.73. The Balaban J connectivity index is 1.45. The van der Waals surface area contributed by atoms with E-state index in [1.54, 1.807) is 17.2 Å². The molecule has 4 rings (SSSR count). The second kappa shape index (κ2) is 10.7. The third-order valence-corrected chi connectivity index (χ3v) is 6.84. The predicted molar refractivity (Wildman–Crippen MR) is 135 cm³/mol. The van der Waals surface area contributed by atoms with E-state index < -0.39 is 11.9 Å². The summed E-state index contributed by atoms with van der Waals surface area (Å²) in [6, 6.07) is 9.44. The number of aryl methyl sites for hydroxylation is 1. The average Bonchev–Trinajstić information content (AvgIpc) is 3.40. The molecule has 1 fully saturated rings. The van der Waals surface area contributed by atoms with E-state index in [0.717, 1.165) is 49.0 Å². The highest BCUT2D eigenvalue weighted by molar-refractivity contribution is 6.31. The first-order valence-electron chi connectivity index (χ1n) is 11.5. The van der Waals surface area contributed by atoms with Gasteiger partial charge < -0.3 is 19.9 Å². The molecule has 2 aromatic heterocycles. The second-order valence-corrected chi connectivity index (χ2v) is 9.60. The molecule has 9 heteroatoms. The molecule has 1 atom stereocenters. The number of hydrogen-bond donors (Lipinski definition) is 2. The van der Waals surface area contributed by atoms with Gasteiger partial charge in [0.15, 0.2) is 0 Å². The summed E-state index contributed by atoms with van der Waals surface area (Å²) < 4.78 is 1.97. The number of benzene rings is 1. The number of carbonyl (C=O) groups is 2. The highest BCUT2D eigenvalue weighted by atomic mass is 35.5. The molecule has 0 spiro atoms. The van der Waals surface area contributed by atoms with E-state index in [0.29, 0.717) is 34.2 Å². The maximum atomic E-state index is 13.5. The lowest BCUT2D eigenvalue weighted by molar-refractivity contribution is -0.141. The number of hydrogen-bond acceptors (Lipinski definition) is 4. The molecule has 0 radical (unpaired) electrons. The fourth-order valence-electron chi connectivity index (χ4n) is 4.60. The molecule has 34 heavy (non-hydrogen) atoms. The number of anilines is 1. The van der Waals surface area contributed by atoms with Crippen LogP contribution in [0.3, 0.4) is 0 Å². The number of amides is 1. The quantitative estimate of drug-likeness (QED) is 0.390. The first-order chi connectivity index (χ1) is 16.3. The zero-order valence-electron chi connectivity index (χ0n) is 19.1. The van der Waals surface area contributed by atoms with Gasteiger partial charge in [-0.05, 0) is 49.9 Å². The molecule has 3 aromatic rings. The monoisotopic (exact) mass is 502 g/mol. The third-order valence-electron chi connectivity index (χ3n) is 6.40. The highest BCUT2D eigenvalue weighted by Crippen LogP contribution is 2.30. The number of aromatic nitrogens is 2. The fourth-order valence-corrected chi connectivity index (χ4v) is 4.94. The number of carbonyl (C=O) groups excluding carboxylic acids is 1. The Bertz CT molecular complexity index is 1210. The van der Waals surface area contributed by atoms with Crippen molar-refractivity contribution in [3.05, 3.63) is 57.8 Å². The van der Waals surface area contributed by atoms with Crippen LogP contribution in [0.15, 0.2) is 36.5 Å². The number of carboxylic acids is 1. The Hall–Kier alpha value is -2.77. The van der Waals surface area contributed by atoms with E-state index in [9.17, 15) is 14.7 Å². The van der Waals surface area contributed by atoms with E-state index in [1.807, 2.05) is 35.9 Å². The summed E-state index contributed by atoms with van der Waals surface area (Å²) >= 11 is 12.2. The van der Waals surface area contributed by atoms with Crippen molar-refractivity contribution < 1.29 is 14.7 Å². The Labute approximate surface area is 208 Å².